The van der Waals surface area contributed by atoms with Crippen molar-refractivity contribution in [2.24, 2.45) is 0 Å². The predicted molar refractivity (Wildman–Crippen MR) is 93.1 cm³/mol. The number of amides is 3. The fraction of sp³-hybridized carbons (Fsp3) is 0.529. The number of hydrogen-bond donors (Lipinski definition) is 0. The summed E-state index contributed by atoms with van der Waals surface area (Å²) in [5.41, 5.74) is 0.987. The summed E-state index contributed by atoms with van der Waals surface area (Å²) in [6.45, 7) is 3.17. The zero-order valence-corrected chi connectivity index (χ0v) is 13.5. The molecule has 0 spiro atoms. The Morgan fingerprint density at radius 1 is 1.12 bits per heavy atom. The number of piperidine rings is 1. The molecule has 1 aromatic carbocycles. The van der Waals surface area contributed by atoms with E-state index in [1.54, 1.807) is 9.80 Å². The van der Waals surface area contributed by atoms with Gasteiger partial charge in [0.2, 0.25) is 0 Å². The Morgan fingerprint density at radius 3 is 2.38 bits per heavy atom. The number of hydrogen-bond acceptors (Lipinski definition) is 3. The SMILES string of the molecule is CN1CCN(C2CCN(C(=O)OCc3ccccc3)CC2)C1=O.[NaH]. The van der Waals surface area contributed by atoms with Crippen LogP contribution in [0.3, 0.4) is 0 Å². The number of ether oxygens (including phenoxy) is 1. The van der Waals surface area contributed by atoms with E-state index in [1.807, 2.05) is 42.3 Å². The summed E-state index contributed by atoms with van der Waals surface area (Å²) in [4.78, 5) is 29.6. The molecule has 7 heteroatoms. The molecule has 126 valence electrons. The predicted octanol–water partition coefficient (Wildman–Crippen LogP) is 1.51. The van der Waals surface area contributed by atoms with Gasteiger partial charge in [0, 0.05) is 39.3 Å². The van der Waals surface area contributed by atoms with Crippen LogP contribution in [-0.4, -0.2) is 95.6 Å². The van der Waals surface area contributed by atoms with Crippen LogP contribution in [0.1, 0.15) is 18.4 Å². The summed E-state index contributed by atoms with van der Waals surface area (Å²) in [5.74, 6) is 0. The normalized spacial score (nSPS) is 18.5. The summed E-state index contributed by atoms with van der Waals surface area (Å²) in [6, 6.07) is 10.0. The number of rotatable bonds is 3. The summed E-state index contributed by atoms with van der Waals surface area (Å²) in [5, 5.41) is 0. The van der Waals surface area contributed by atoms with E-state index < -0.39 is 0 Å². The van der Waals surface area contributed by atoms with Crippen molar-refractivity contribution in [2.45, 2.75) is 25.5 Å². The summed E-state index contributed by atoms with van der Waals surface area (Å²) in [7, 11) is 1.83. The molecule has 2 fully saturated rings. The van der Waals surface area contributed by atoms with Crippen molar-refractivity contribution < 1.29 is 14.3 Å². The molecule has 24 heavy (non-hydrogen) atoms. The van der Waals surface area contributed by atoms with E-state index in [9.17, 15) is 9.59 Å². The number of urea groups is 1. The molecule has 2 aliphatic rings. The van der Waals surface area contributed by atoms with Crippen LogP contribution in [0.25, 0.3) is 0 Å². The molecule has 6 nitrogen and oxygen atoms in total. The van der Waals surface area contributed by atoms with Crippen LogP contribution in [-0.2, 0) is 11.3 Å². The van der Waals surface area contributed by atoms with Crippen LogP contribution in [0.5, 0.6) is 0 Å². The fourth-order valence-corrected chi connectivity index (χ4v) is 3.18. The van der Waals surface area contributed by atoms with Gasteiger partial charge >= 0.3 is 41.7 Å². The molecule has 0 atom stereocenters. The zero-order valence-electron chi connectivity index (χ0n) is 13.5. The maximum atomic E-state index is 12.1. The molecule has 0 N–H and O–H groups in total. The van der Waals surface area contributed by atoms with Crippen molar-refractivity contribution in [2.75, 3.05) is 33.2 Å². The molecule has 0 radical (unpaired) electrons. The van der Waals surface area contributed by atoms with Crippen molar-refractivity contribution in [3.05, 3.63) is 35.9 Å². The molecule has 3 rings (SSSR count). The first-order chi connectivity index (χ1) is 11.1. The Bertz CT molecular complexity index is 561. The van der Waals surface area contributed by atoms with Gasteiger partial charge in [-0.2, -0.15) is 0 Å². The van der Waals surface area contributed by atoms with Gasteiger partial charge in [-0.05, 0) is 18.4 Å². The Labute approximate surface area is 165 Å². The standard InChI is InChI=1S/C17H23N3O3.Na.H/c1-18-11-12-20(16(18)21)15-7-9-19(10-8-15)17(22)23-13-14-5-3-2-4-6-14;;/h2-6,15H,7-13H2,1H3;;. The molecule has 1 aromatic rings. The van der Waals surface area contributed by atoms with E-state index in [1.165, 1.54) is 0 Å². The van der Waals surface area contributed by atoms with Crippen LogP contribution in [0.4, 0.5) is 9.59 Å². The van der Waals surface area contributed by atoms with Crippen LogP contribution in [0, 0.1) is 0 Å². The van der Waals surface area contributed by atoms with E-state index in [-0.39, 0.29) is 47.7 Å². The number of likely N-dealkylation sites (tertiary alicyclic amines) is 1. The second kappa shape index (κ2) is 8.74. The van der Waals surface area contributed by atoms with Gasteiger partial charge in [-0.1, -0.05) is 30.3 Å². The molecule has 0 aliphatic carbocycles. The third-order valence-corrected chi connectivity index (χ3v) is 4.62. The minimum atomic E-state index is -0.267. The van der Waals surface area contributed by atoms with Gasteiger partial charge in [-0.15, -0.1) is 0 Å². The van der Waals surface area contributed by atoms with Gasteiger partial charge in [0.15, 0.2) is 0 Å². The van der Waals surface area contributed by atoms with E-state index in [0.717, 1.165) is 31.5 Å². The van der Waals surface area contributed by atoms with Gasteiger partial charge in [0.1, 0.15) is 6.61 Å². The van der Waals surface area contributed by atoms with Crippen molar-refractivity contribution in [1.82, 2.24) is 14.7 Å². The Hall–Kier alpha value is -1.24. The number of carbonyl (C=O) groups is 2. The third kappa shape index (κ3) is 4.43. The van der Waals surface area contributed by atoms with Gasteiger partial charge < -0.3 is 19.4 Å². The van der Waals surface area contributed by atoms with Crippen molar-refractivity contribution in [3.8, 4) is 0 Å². The van der Waals surface area contributed by atoms with Gasteiger partial charge in [0.25, 0.3) is 0 Å². The quantitative estimate of drug-likeness (QED) is 0.783. The van der Waals surface area contributed by atoms with E-state index >= 15 is 0 Å². The average Bonchev–Trinajstić information content (AvgIpc) is 2.93. The monoisotopic (exact) mass is 341 g/mol. The molecule has 2 saturated heterocycles. The van der Waals surface area contributed by atoms with Crippen LogP contribution >= 0.6 is 0 Å². The molecule has 0 saturated carbocycles. The minimum absolute atomic E-state index is 0. The van der Waals surface area contributed by atoms with Crippen molar-refractivity contribution >= 4 is 41.7 Å². The van der Waals surface area contributed by atoms with E-state index in [2.05, 4.69) is 0 Å². The molecule has 0 bridgehead atoms. The Morgan fingerprint density at radius 2 is 1.79 bits per heavy atom. The number of benzene rings is 1. The second-order valence-electron chi connectivity index (χ2n) is 6.16. The zero-order chi connectivity index (χ0) is 16.2. The average molecular weight is 341 g/mol. The van der Waals surface area contributed by atoms with Gasteiger partial charge in [-0.25, -0.2) is 9.59 Å². The van der Waals surface area contributed by atoms with Crippen molar-refractivity contribution in [3.63, 3.8) is 0 Å². The molecule has 0 unspecified atom stereocenters. The fourth-order valence-electron chi connectivity index (χ4n) is 3.18. The molecule has 3 amide bonds. The topological polar surface area (TPSA) is 53.1 Å². The third-order valence-electron chi connectivity index (χ3n) is 4.62. The Kier molecular flexibility index (Phi) is 6.95. The first-order valence-electron chi connectivity index (χ1n) is 8.12. The molecule has 0 aromatic heterocycles. The summed E-state index contributed by atoms with van der Waals surface area (Å²) in [6.07, 6.45) is 1.37. The summed E-state index contributed by atoms with van der Waals surface area (Å²) >= 11 is 0. The van der Waals surface area contributed by atoms with Crippen LogP contribution in [0.15, 0.2) is 30.3 Å². The van der Waals surface area contributed by atoms with Gasteiger partial charge in [-0.3, -0.25) is 0 Å². The maximum absolute atomic E-state index is 12.1. The van der Waals surface area contributed by atoms with E-state index in [4.69, 9.17) is 4.74 Å². The first-order valence-corrected chi connectivity index (χ1v) is 8.12. The number of carbonyl (C=O) groups excluding carboxylic acids is 2. The molecular weight excluding hydrogens is 317 g/mol. The van der Waals surface area contributed by atoms with E-state index in [0.29, 0.717) is 19.7 Å². The second-order valence-corrected chi connectivity index (χ2v) is 6.16. The number of likely N-dealkylation sites (N-methyl/N-ethyl adjacent to an activating group) is 1. The summed E-state index contributed by atoms with van der Waals surface area (Å²) < 4.78 is 5.36. The van der Waals surface area contributed by atoms with Crippen LogP contribution < -0.4 is 0 Å². The van der Waals surface area contributed by atoms with Crippen molar-refractivity contribution in [1.29, 1.82) is 0 Å². The van der Waals surface area contributed by atoms with Crippen LogP contribution in [0.2, 0.25) is 0 Å². The number of nitrogens with zero attached hydrogens (tertiary/aromatic N) is 3. The first kappa shape index (κ1) is 19.1. The molecule has 2 aliphatic heterocycles. The molecular formula is C17H24N3NaO3. The van der Waals surface area contributed by atoms with Gasteiger partial charge in [0.05, 0.1) is 0 Å². The Balaban J connectivity index is 0.00000208. The molecule has 2 heterocycles.